The Morgan fingerprint density at radius 1 is 0.545 bits per heavy atom. The number of fused-ring (bicyclic) bond motifs is 1. The summed E-state index contributed by atoms with van der Waals surface area (Å²) in [7, 11) is 0. The Labute approximate surface area is 257 Å². The summed E-state index contributed by atoms with van der Waals surface area (Å²) in [4.78, 5) is 15.1. The molecular formula is C40H30N4. The molecule has 0 saturated heterocycles. The lowest BCUT2D eigenvalue weighted by molar-refractivity contribution is 0.722. The van der Waals surface area contributed by atoms with E-state index in [1.165, 1.54) is 38.7 Å². The lowest BCUT2D eigenvalue weighted by Gasteiger charge is -2.23. The van der Waals surface area contributed by atoms with Crippen molar-refractivity contribution >= 4 is 10.8 Å². The monoisotopic (exact) mass is 566 g/mol. The van der Waals surface area contributed by atoms with Crippen LogP contribution in [0.1, 0.15) is 18.2 Å². The Balaban J connectivity index is 1.23. The molecule has 4 heteroatoms. The summed E-state index contributed by atoms with van der Waals surface area (Å²) in [5, 5.41) is 5.92. The Kier molecular flexibility index (Phi) is 6.65. The molecule has 0 spiro atoms. The van der Waals surface area contributed by atoms with Crippen molar-refractivity contribution in [3.63, 3.8) is 0 Å². The van der Waals surface area contributed by atoms with Gasteiger partial charge >= 0.3 is 0 Å². The highest BCUT2D eigenvalue weighted by Gasteiger charge is 2.22. The summed E-state index contributed by atoms with van der Waals surface area (Å²) in [6.07, 6.45) is 9.64. The fourth-order valence-electron chi connectivity index (χ4n) is 6.26. The molecule has 1 aliphatic carbocycles. The normalized spacial score (nSPS) is 15.7. The fraction of sp³-hybridized carbons (Fsp3) is 0.0750. The molecule has 2 aliphatic rings. The van der Waals surface area contributed by atoms with Crippen LogP contribution in [-0.2, 0) is 0 Å². The van der Waals surface area contributed by atoms with Crippen molar-refractivity contribution in [2.24, 2.45) is 0 Å². The number of aromatic nitrogens is 3. The van der Waals surface area contributed by atoms with Crippen molar-refractivity contribution < 1.29 is 0 Å². The lowest BCUT2D eigenvalue weighted by atomic mass is 9.90. The molecule has 1 N–H and O–H groups in total. The zero-order valence-corrected chi connectivity index (χ0v) is 24.2. The van der Waals surface area contributed by atoms with E-state index in [1.807, 2.05) is 18.2 Å². The van der Waals surface area contributed by atoms with Gasteiger partial charge in [0.1, 0.15) is 5.82 Å². The smallest absolute Gasteiger partial charge is 0.163 e. The van der Waals surface area contributed by atoms with Crippen LogP contribution < -0.4 is 5.32 Å². The zero-order valence-electron chi connectivity index (χ0n) is 24.2. The van der Waals surface area contributed by atoms with Gasteiger partial charge in [0, 0.05) is 29.3 Å². The molecule has 8 rings (SSSR count). The first-order valence-corrected chi connectivity index (χ1v) is 15.1. The summed E-state index contributed by atoms with van der Waals surface area (Å²) in [6.45, 7) is 0.864. The van der Waals surface area contributed by atoms with E-state index in [9.17, 15) is 0 Å². The fourth-order valence-corrected chi connectivity index (χ4v) is 6.26. The van der Waals surface area contributed by atoms with Gasteiger partial charge in [-0.2, -0.15) is 0 Å². The summed E-state index contributed by atoms with van der Waals surface area (Å²) >= 11 is 0. The van der Waals surface area contributed by atoms with E-state index in [2.05, 4.69) is 133 Å². The van der Waals surface area contributed by atoms with E-state index >= 15 is 0 Å². The summed E-state index contributed by atoms with van der Waals surface area (Å²) in [5.41, 5.74) is 9.21. The molecule has 0 radical (unpaired) electrons. The molecule has 0 saturated carbocycles. The van der Waals surface area contributed by atoms with Gasteiger partial charge in [-0.3, -0.25) is 0 Å². The molecule has 1 atom stereocenters. The molecule has 4 nitrogen and oxygen atoms in total. The zero-order chi connectivity index (χ0) is 29.3. The lowest BCUT2D eigenvalue weighted by Crippen LogP contribution is -2.20. The summed E-state index contributed by atoms with van der Waals surface area (Å²) in [5.74, 6) is 2.24. The van der Waals surface area contributed by atoms with Gasteiger partial charge in [0.25, 0.3) is 0 Å². The topological polar surface area (TPSA) is 50.7 Å². The third kappa shape index (κ3) is 4.91. The van der Waals surface area contributed by atoms with Crippen LogP contribution in [0.5, 0.6) is 0 Å². The number of allylic oxidation sites excluding steroid dienone is 4. The molecule has 0 fully saturated rings. The second-order valence-electron chi connectivity index (χ2n) is 11.3. The van der Waals surface area contributed by atoms with Crippen molar-refractivity contribution in [1.29, 1.82) is 0 Å². The van der Waals surface area contributed by atoms with Crippen LogP contribution in [0.4, 0.5) is 0 Å². The van der Waals surface area contributed by atoms with Crippen molar-refractivity contribution in [1.82, 2.24) is 20.3 Å². The van der Waals surface area contributed by atoms with Gasteiger partial charge in [-0.15, -0.1) is 0 Å². The second-order valence-corrected chi connectivity index (χ2v) is 11.3. The first-order chi connectivity index (χ1) is 21.8. The highest BCUT2D eigenvalue weighted by Crippen LogP contribution is 2.37. The standard InChI is InChI=1S/C40H30N4/c1-3-11-27(12-4-1)33-21-22-34(36-19-8-7-18-35(33)36)29-15-9-16-31(25-29)39-42-38(28-13-5-2-6-14-28)43-40(44-39)32-20-23-37-30(26-32)17-10-24-41-37/h1-23,25,32,41H,24,26H2. The highest BCUT2D eigenvalue weighted by atomic mass is 15.0. The maximum Gasteiger partial charge on any atom is 0.163 e. The van der Waals surface area contributed by atoms with Crippen molar-refractivity contribution in [2.75, 3.05) is 6.54 Å². The van der Waals surface area contributed by atoms with E-state index in [-0.39, 0.29) is 5.92 Å². The van der Waals surface area contributed by atoms with Crippen LogP contribution in [0.3, 0.4) is 0 Å². The van der Waals surface area contributed by atoms with Gasteiger partial charge in [0.05, 0.1) is 0 Å². The highest BCUT2D eigenvalue weighted by molar-refractivity contribution is 6.05. The van der Waals surface area contributed by atoms with E-state index in [1.54, 1.807) is 0 Å². The van der Waals surface area contributed by atoms with Crippen LogP contribution in [0.2, 0.25) is 0 Å². The van der Waals surface area contributed by atoms with Crippen LogP contribution >= 0.6 is 0 Å². The first-order valence-electron chi connectivity index (χ1n) is 15.1. The Hall–Kier alpha value is -5.61. The van der Waals surface area contributed by atoms with E-state index in [4.69, 9.17) is 15.0 Å². The molecule has 1 aliphatic heterocycles. The quantitative estimate of drug-likeness (QED) is 0.226. The molecular weight excluding hydrogens is 536 g/mol. The number of nitrogens with one attached hydrogen (secondary N) is 1. The molecule has 0 amide bonds. The Morgan fingerprint density at radius 3 is 1.91 bits per heavy atom. The largest absolute Gasteiger partial charge is 0.381 e. The molecule has 6 aromatic rings. The van der Waals surface area contributed by atoms with Crippen LogP contribution in [0, 0.1) is 0 Å². The van der Waals surface area contributed by atoms with Gasteiger partial charge < -0.3 is 5.32 Å². The maximum absolute atomic E-state index is 5.10. The summed E-state index contributed by atoms with van der Waals surface area (Å²) in [6, 6.07) is 42.5. The molecule has 44 heavy (non-hydrogen) atoms. The molecule has 210 valence electrons. The van der Waals surface area contributed by atoms with Gasteiger partial charge in [0.15, 0.2) is 11.6 Å². The Morgan fingerprint density at radius 2 is 1.16 bits per heavy atom. The van der Waals surface area contributed by atoms with Crippen LogP contribution in [0.25, 0.3) is 55.8 Å². The number of hydrogen-bond donors (Lipinski definition) is 1. The SMILES string of the molecule is C1=CC2=C(C=CC(c3nc(-c4ccccc4)nc(-c4cccc(-c5ccc(-c6ccccc6)c6ccccc56)c4)n3)C2)NC1. The predicted octanol–water partition coefficient (Wildman–Crippen LogP) is 9.15. The van der Waals surface area contributed by atoms with E-state index < -0.39 is 0 Å². The predicted molar refractivity (Wildman–Crippen MR) is 180 cm³/mol. The number of nitrogens with zero attached hydrogens (tertiary/aromatic N) is 3. The number of rotatable bonds is 5. The van der Waals surface area contributed by atoms with E-state index in [0.717, 1.165) is 35.5 Å². The molecule has 1 aromatic heterocycles. The number of dihydropyridines is 1. The Bertz CT molecular complexity index is 2090. The number of hydrogen-bond acceptors (Lipinski definition) is 4. The summed E-state index contributed by atoms with van der Waals surface area (Å²) < 4.78 is 0. The molecule has 2 heterocycles. The van der Waals surface area contributed by atoms with Gasteiger partial charge in [-0.1, -0.05) is 133 Å². The minimum Gasteiger partial charge on any atom is -0.381 e. The third-order valence-corrected chi connectivity index (χ3v) is 8.47. The van der Waals surface area contributed by atoms with Gasteiger partial charge in [0.2, 0.25) is 0 Å². The average Bonchev–Trinajstić information content (AvgIpc) is 3.11. The van der Waals surface area contributed by atoms with Gasteiger partial charge in [-0.25, -0.2) is 15.0 Å². The van der Waals surface area contributed by atoms with Crippen LogP contribution in [0.15, 0.2) is 157 Å². The van der Waals surface area contributed by atoms with Crippen LogP contribution in [-0.4, -0.2) is 21.5 Å². The van der Waals surface area contributed by atoms with Crippen molar-refractivity contribution in [2.45, 2.75) is 12.3 Å². The molecule has 1 unspecified atom stereocenters. The number of benzene rings is 5. The van der Waals surface area contributed by atoms with E-state index in [0.29, 0.717) is 11.6 Å². The average molecular weight is 567 g/mol. The minimum atomic E-state index is 0.0696. The second kappa shape index (κ2) is 11.2. The third-order valence-electron chi connectivity index (χ3n) is 8.47. The van der Waals surface area contributed by atoms with Crippen molar-refractivity contribution in [3.8, 4) is 45.0 Å². The van der Waals surface area contributed by atoms with Crippen molar-refractivity contribution in [3.05, 3.63) is 163 Å². The minimum absolute atomic E-state index is 0.0696. The molecule has 0 bridgehead atoms. The van der Waals surface area contributed by atoms with Gasteiger partial charge in [-0.05, 0) is 57.2 Å². The maximum atomic E-state index is 5.10. The first kappa shape index (κ1) is 26.1. The molecule has 5 aromatic carbocycles.